The van der Waals surface area contributed by atoms with Gasteiger partial charge in [-0.3, -0.25) is 9.36 Å². The molecule has 0 aliphatic rings. The van der Waals surface area contributed by atoms with Crippen molar-refractivity contribution in [2.24, 2.45) is 5.73 Å². The molecule has 2 aromatic rings. The van der Waals surface area contributed by atoms with Crippen molar-refractivity contribution in [1.82, 2.24) is 9.55 Å². The number of nitrogens with zero attached hydrogens (tertiary/aromatic N) is 2. The summed E-state index contributed by atoms with van der Waals surface area (Å²) in [5.41, 5.74) is 9.00. The monoisotopic (exact) mass is 279 g/mol. The number of esters is 1. The summed E-state index contributed by atoms with van der Waals surface area (Å²) in [4.78, 5) is 15.7. The lowest BCUT2D eigenvalue weighted by Gasteiger charge is -2.09. The zero-order valence-corrected chi connectivity index (χ0v) is 12.0. The molecule has 6 heteroatoms. The highest BCUT2D eigenvalue weighted by molar-refractivity contribution is 7.12. The van der Waals surface area contributed by atoms with E-state index in [0.29, 0.717) is 6.42 Å². The van der Waals surface area contributed by atoms with Gasteiger partial charge in [0.1, 0.15) is 6.04 Å². The highest BCUT2D eigenvalue weighted by atomic mass is 32.1. The van der Waals surface area contributed by atoms with Gasteiger partial charge < -0.3 is 10.5 Å². The number of aromatic nitrogens is 2. The van der Waals surface area contributed by atoms with E-state index in [9.17, 15) is 4.79 Å². The van der Waals surface area contributed by atoms with Crippen LogP contribution < -0.4 is 5.73 Å². The van der Waals surface area contributed by atoms with E-state index in [2.05, 4.69) is 14.3 Å². The summed E-state index contributed by atoms with van der Waals surface area (Å²) in [6.07, 6.45) is 2.25. The van der Waals surface area contributed by atoms with Crippen LogP contribution in [0.15, 0.2) is 17.6 Å². The number of carbonyl (C=O) groups excluding carboxylic acids is 1. The highest BCUT2D eigenvalue weighted by Gasteiger charge is 2.19. The summed E-state index contributed by atoms with van der Waals surface area (Å²) in [5.74, 6) is -0.390. The molecule has 0 spiro atoms. The molecule has 0 saturated carbocycles. The molecular formula is C13H17N3O2S. The lowest BCUT2D eigenvalue weighted by molar-refractivity contribution is -0.142. The fourth-order valence-corrected chi connectivity index (χ4v) is 2.88. The van der Waals surface area contributed by atoms with Gasteiger partial charge in [0.2, 0.25) is 0 Å². The van der Waals surface area contributed by atoms with Crippen molar-refractivity contribution >= 4 is 17.3 Å². The maximum absolute atomic E-state index is 11.4. The quantitative estimate of drug-likeness (QED) is 0.863. The number of aryl methyl sites for hydroxylation is 1. The Morgan fingerprint density at radius 3 is 2.89 bits per heavy atom. The van der Waals surface area contributed by atoms with Crippen molar-refractivity contribution in [2.75, 3.05) is 7.11 Å². The summed E-state index contributed by atoms with van der Waals surface area (Å²) in [5, 5.41) is 2.86. The molecule has 1 unspecified atom stereocenters. The maximum Gasteiger partial charge on any atom is 0.322 e. The van der Waals surface area contributed by atoms with E-state index in [1.807, 2.05) is 25.3 Å². The van der Waals surface area contributed by atoms with E-state index in [4.69, 9.17) is 5.73 Å². The molecule has 2 heterocycles. The minimum atomic E-state index is -0.629. The molecule has 0 aliphatic carbocycles. The van der Waals surface area contributed by atoms with Crippen molar-refractivity contribution in [1.29, 1.82) is 0 Å². The number of carbonyl (C=O) groups is 1. The largest absolute Gasteiger partial charge is 0.468 e. The molecular weight excluding hydrogens is 262 g/mol. The first-order valence-corrected chi connectivity index (χ1v) is 6.83. The first-order chi connectivity index (χ1) is 9.04. The van der Waals surface area contributed by atoms with E-state index >= 15 is 0 Å². The Morgan fingerprint density at radius 1 is 1.58 bits per heavy atom. The van der Waals surface area contributed by atoms with Crippen LogP contribution in [0.3, 0.4) is 0 Å². The number of thiazole rings is 1. The highest BCUT2D eigenvalue weighted by Crippen LogP contribution is 2.23. The van der Waals surface area contributed by atoms with Gasteiger partial charge in [-0.05, 0) is 25.5 Å². The van der Waals surface area contributed by atoms with Crippen molar-refractivity contribution in [2.45, 2.75) is 26.3 Å². The second kappa shape index (κ2) is 5.54. The van der Waals surface area contributed by atoms with Gasteiger partial charge in [0.15, 0.2) is 5.13 Å². The third kappa shape index (κ3) is 2.69. The van der Waals surface area contributed by atoms with Crippen LogP contribution in [0.2, 0.25) is 0 Å². The molecule has 2 N–H and O–H groups in total. The van der Waals surface area contributed by atoms with Gasteiger partial charge in [-0.25, -0.2) is 4.98 Å². The van der Waals surface area contributed by atoms with Crippen molar-refractivity contribution in [3.05, 3.63) is 34.6 Å². The average Bonchev–Trinajstić information content (AvgIpc) is 2.98. The molecule has 0 saturated heterocycles. The molecule has 0 aliphatic heterocycles. The summed E-state index contributed by atoms with van der Waals surface area (Å²) in [7, 11) is 1.35. The van der Waals surface area contributed by atoms with Crippen LogP contribution in [-0.4, -0.2) is 28.7 Å². The van der Waals surface area contributed by atoms with Crippen LogP contribution in [0, 0.1) is 13.8 Å². The molecule has 5 nitrogen and oxygen atoms in total. The molecule has 1 atom stereocenters. The number of rotatable bonds is 4. The van der Waals surface area contributed by atoms with Crippen molar-refractivity contribution in [3.63, 3.8) is 0 Å². The summed E-state index contributed by atoms with van der Waals surface area (Å²) < 4.78 is 6.73. The third-order valence-corrected chi connectivity index (χ3v) is 3.85. The standard InChI is InChI=1S/C13H17N3O2S/c1-8-6-10(7-11(14)12(17)18-3)9(2)16(8)13-15-4-5-19-13/h4-6,11H,7,14H2,1-3H3. The first-order valence-electron chi connectivity index (χ1n) is 5.95. The number of methoxy groups -OCH3 is 1. The third-order valence-electron chi connectivity index (χ3n) is 3.09. The van der Waals surface area contributed by atoms with Gasteiger partial charge in [0.05, 0.1) is 7.11 Å². The predicted octanol–water partition coefficient (Wildman–Crippen LogP) is 1.59. The minimum Gasteiger partial charge on any atom is -0.468 e. The fourth-order valence-electron chi connectivity index (χ4n) is 2.13. The van der Waals surface area contributed by atoms with Crippen LogP contribution in [-0.2, 0) is 16.0 Å². The van der Waals surface area contributed by atoms with Crippen LogP contribution in [0.25, 0.3) is 5.13 Å². The Morgan fingerprint density at radius 2 is 2.32 bits per heavy atom. The SMILES string of the molecule is COC(=O)C(N)Cc1cc(C)n(-c2nccs2)c1C. The summed E-state index contributed by atoms with van der Waals surface area (Å²) >= 11 is 1.58. The predicted molar refractivity (Wildman–Crippen MR) is 74.6 cm³/mol. The van der Waals surface area contributed by atoms with Gasteiger partial charge in [-0.2, -0.15) is 0 Å². The molecule has 19 heavy (non-hydrogen) atoms. The second-order valence-corrected chi connectivity index (χ2v) is 5.25. The topological polar surface area (TPSA) is 70.1 Å². The molecule has 102 valence electrons. The van der Waals surface area contributed by atoms with Gasteiger partial charge in [-0.15, -0.1) is 11.3 Å². The fraction of sp³-hybridized carbons (Fsp3) is 0.385. The average molecular weight is 279 g/mol. The Labute approximate surface area is 116 Å². The van der Waals surface area contributed by atoms with Gasteiger partial charge in [0.25, 0.3) is 0 Å². The number of hydrogen-bond acceptors (Lipinski definition) is 5. The normalized spacial score (nSPS) is 12.4. The number of ether oxygens (including phenoxy) is 1. The van der Waals surface area contributed by atoms with E-state index in [0.717, 1.165) is 22.1 Å². The molecule has 2 aromatic heterocycles. The lowest BCUT2D eigenvalue weighted by atomic mass is 10.1. The summed E-state index contributed by atoms with van der Waals surface area (Å²) in [6, 6.07) is 1.41. The van der Waals surface area contributed by atoms with Crippen molar-refractivity contribution < 1.29 is 9.53 Å². The Bertz CT molecular complexity index is 575. The zero-order valence-electron chi connectivity index (χ0n) is 11.2. The van der Waals surface area contributed by atoms with Gasteiger partial charge in [0, 0.05) is 29.4 Å². The Hall–Kier alpha value is -1.66. The second-order valence-electron chi connectivity index (χ2n) is 4.38. The van der Waals surface area contributed by atoms with Crippen LogP contribution >= 0.6 is 11.3 Å². The molecule has 0 bridgehead atoms. The molecule has 0 radical (unpaired) electrons. The zero-order chi connectivity index (χ0) is 14.0. The molecule has 2 rings (SSSR count). The minimum absolute atomic E-state index is 0.390. The van der Waals surface area contributed by atoms with Crippen LogP contribution in [0.1, 0.15) is 17.0 Å². The number of hydrogen-bond donors (Lipinski definition) is 1. The lowest BCUT2D eigenvalue weighted by Crippen LogP contribution is -2.33. The van der Waals surface area contributed by atoms with Gasteiger partial charge >= 0.3 is 5.97 Å². The summed E-state index contributed by atoms with van der Waals surface area (Å²) in [6.45, 7) is 4.02. The van der Waals surface area contributed by atoms with E-state index in [1.165, 1.54) is 7.11 Å². The Kier molecular flexibility index (Phi) is 4.01. The van der Waals surface area contributed by atoms with Crippen molar-refractivity contribution in [3.8, 4) is 5.13 Å². The maximum atomic E-state index is 11.4. The van der Waals surface area contributed by atoms with Crippen LogP contribution in [0.4, 0.5) is 0 Å². The molecule has 0 fully saturated rings. The smallest absolute Gasteiger partial charge is 0.322 e. The van der Waals surface area contributed by atoms with Gasteiger partial charge in [-0.1, -0.05) is 0 Å². The molecule has 0 aromatic carbocycles. The van der Waals surface area contributed by atoms with E-state index in [1.54, 1.807) is 17.5 Å². The van der Waals surface area contributed by atoms with E-state index < -0.39 is 6.04 Å². The van der Waals surface area contributed by atoms with Crippen LogP contribution in [0.5, 0.6) is 0 Å². The Balaban J connectivity index is 2.29. The first kappa shape index (κ1) is 13.8. The molecule has 0 amide bonds. The van der Waals surface area contributed by atoms with E-state index in [-0.39, 0.29) is 5.97 Å². The number of nitrogens with two attached hydrogens (primary N) is 1.